The first-order valence-electron chi connectivity index (χ1n) is 9.75. The molecule has 3 aliphatic carbocycles. The van der Waals surface area contributed by atoms with Gasteiger partial charge in [-0.15, -0.1) is 0 Å². The van der Waals surface area contributed by atoms with Crippen LogP contribution in [0.1, 0.15) is 79.6 Å². The maximum Gasteiger partial charge on any atom is 0.161 e. The van der Waals surface area contributed by atoms with Crippen LogP contribution >= 0.6 is 0 Å². The highest BCUT2D eigenvalue weighted by atomic mass is 16.1. The van der Waals surface area contributed by atoms with Crippen molar-refractivity contribution in [3.8, 4) is 0 Å². The van der Waals surface area contributed by atoms with E-state index in [-0.39, 0.29) is 16.6 Å². The number of carbonyl (C=O) groups is 2. The molecule has 0 N–H and O–H groups in total. The third-order valence-corrected chi connectivity index (χ3v) is 7.35. The SMILES string of the molecule is CC[C@H]1[C@@H]2CCC3=CC(=O)C(C)(C)CC3=C2CC[C@]1(CC)C(C)=O. The molecule has 3 rings (SSSR count). The van der Waals surface area contributed by atoms with Crippen LogP contribution < -0.4 is 0 Å². The molecular weight excluding hydrogens is 296 g/mol. The summed E-state index contributed by atoms with van der Waals surface area (Å²) in [4.78, 5) is 24.9. The van der Waals surface area contributed by atoms with Gasteiger partial charge < -0.3 is 0 Å². The van der Waals surface area contributed by atoms with Gasteiger partial charge in [-0.05, 0) is 74.5 Å². The number of allylic oxidation sites excluding steroid dienone is 4. The van der Waals surface area contributed by atoms with Crippen LogP contribution in [0.25, 0.3) is 0 Å². The van der Waals surface area contributed by atoms with E-state index >= 15 is 0 Å². The number of fused-ring (bicyclic) bond motifs is 2. The van der Waals surface area contributed by atoms with E-state index in [0.717, 1.165) is 44.9 Å². The highest BCUT2D eigenvalue weighted by molar-refractivity contribution is 5.97. The molecule has 0 aromatic heterocycles. The number of carbonyl (C=O) groups excluding carboxylic acids is 2. The van der Waals surface area contributed by atoms with Crippen LogP contribution in [0, 0.1) is 22.7 Å². The topological polar surface area (TPSA) is 34.1 Å². The minimum atomic E-state index is -0.269. The third-order valence-electron chi connectivity index (χ3n) is 7.35. The van der Waals surface area contributed by atoms with Crippen LogP contribution in [0.3, 0.4) is 0 Å². The molecule has 0 amide bonds. The molecule has 0 saturated heterocycles. The van der Waals surface area contributed by atoms with E-state index in [1.807, 2.05) is 6.08 Å². The smallest absolute Gasteiger partial charge is 0.161 e. The Labute approximate surface area is 146 Å². The van der Waals surface area contributed by atoms with Crippen LogP contribution in [-0.4, -0.2) is 11.6 Å². The van der Waals surface area contributed by atoms with Crippen LogP contribution in [0.15, 0.2) is 22.8 Å². The van der Waals surface area contributed by atoms with Gasteiger partial charge in [0.1, 0.15) is 5.78 Å². The zero-order valence-electron chi connectivity index (χ0n) is 16.0. The van der Waals surface area contributed by atoms with Gasteiger partial charge in [0.05, 0.1) is 0 Å². The molecule has 2 nitrogen and oxygen atoms in total. The lowest BCUT2D eigenvalue weighted by Crippen LogP contribution is -2.46. The van der Waals surface area contributed by atoms with Crippen LogP contribution in [-0.2, 0) is 9.59 Å². The van der Waals surface area contributed by atoms with Crippen molar-refractivity contribution in [1.82, 2.24) is 0 Å². The van der Waals surface area contributed by atoms with E-state index in [1.54, 1.807) is 12.5 Å². The lowest BCUT2D eigenvalue weighted by molar-refractivity contribution is -0.133. The highest BCUT2D eigenvalue weighted by Gasteiger charge is 2.50. The van der Waals surface area contributed by atoms with Gasteiger partial charge in [-0.3, -0.25) is 9.59 Å². The molecule has 3 aliphatic rings. The van der Waals surface area contributed by atoms with E-state index in [1.165, 1.54) is 11.1 Å². The average Bonchev–Trinajstić information content (AvgIpc) is 2.54. The molecule has 0 bridgehead atoms. The molecule has 0 aromatic rings. The normalized spacial score (nSPS) is 35.2. The van der Waals surface area contributed by atoms with E-state index < -0.39 is 0 Å². The van der Waals surface area contributed by atoms with E-state index in [0.29, 0.717) is 17.6 Å². The van der Waals surface area contributed by atoms with Gasteiger partial charge in [0.15, 0.2) is 5.78 Å². The van der Waals surface area contributed by atoms with Gasteiger partial charge in [-0.2, -0.15) is 0 Å². The molecule has 0 radical (unpaired) electrons. The molecule has 1 fully saturated rings. The summed E-state index contributed by atoms with van der Waals surface area (Å²) in [5.41, 5.74) is 3.97. The fraction of sp³-hybridized carbons (Fsp3) is 0.727. The Morgan fingerprint density at radius 3 is 2.54 bits per heavy atom. The number of ketones is 2. The molecule has 0 heterocycles. The van der Waals surface area contributed by atoms with Crippen molar-refractivity contribution in [1.29, 1.82) is 0 Å². The fourth-order valence-electron chi connectivity index (χ4n) is 5.84. The number of hydrogen-bond donors (Lipinski definition) is 0. The van der Waals surface area contributed by atoms with Crippen molar-refractivity contribution in [2.45, 2.75) is 79.6 Å². The number of rotatable bonds is 3. The molecule has 2 heteroatoms. The van der Waals surface area contributed by atoms with Gasteiger partial charge in [-0.1, -0.05) is 39.7 Å². The molecule has 132 valence electrons. The minimum Gasteiger partial charge on any atom is -0.299 e. The van der Waals surface area contributed by atoms with Crippen molar-refractivity contribution < 1.29 is 9.59 Å². The highest BCUT2D eigenvalue weighted by Crippen LogP contribution is 2.57. The Morgan fingerprint density at radius 2 is 1.96 bits per heavy atom. The van der Waals surface area contributed by atoms with Gasteiger partial charge in [0, 0.05) is 10.8 Å². The van der Waals surface area contributed by atoms with E-state index in [2.05, 4.69) is 27.7 Å². The summed E-state index contributed by atoms with van der Waals surface area (Å²) in [6, 6.07) is 0. The van der Waals surface area contributed by atoms with Crippen molar-refractivity contribution in [2.75, 3.05) is 0 Å². The monoisotopic (exact) mass is 328 g/mol. The van der Waals surface area contributed by atoms with E-state index in [4.69, 9.17) is 0 Å². The standard InChI is InChI=1S/C22H32O2/c1-6-19-17-9-8-15-12-20(24)21(4,5)13-18(15)16(17)10-11-22(19,7-2)14(3)23/h12,17,19H,6-11,13H2,1-5H3/t17-,19+,22-/m1/s1. The summed E-state index contributed by atoms with van der Waals surface area (Å²) in [6.45, 7) is 10.4. The largest absolute Gasteiger partial charge is 0.299 e. The summed E-state index contributed by atoms with van der Waals surface area (Å²) in [6.07, 6.45) is 9.03. The van der Waals surface area contributed by atoms with Crippen molar-refractivity contribution in [2.24, 2.45) is 22.7 Å². The van der Waals surface area contributed by atoms with Gasteiger partial charge in [-0.25, -0.2) is 0 Å². The Balaban J connectivity index is 2.06. The maximum absolute atomic E-state index is 12.6. The number of hydrogen-bond acceptors (Lipinski definition) is 2. The van der Waals surface area contributed by atoms with Crippen LogP contribution in [0.5, 0.6) is 0 Å². The minimum absolute atomic E-state index is 0.120. The summed E-state index contributed by atoms with van der Waals surface area (Å²) in [5.74, 6) is 1.69. The van der Waals surface area contributed by atoms with E-state index in [9.17, 15) is 9.59 Å². The van der Waals surface area contributed by atoms with Crippen molar-refractivity contribution >= 4 is 11.6 Å². The molecule has 3 atom stereocenters. The summed E-state index contributed by atoms with van der Waals surface area (Å²) in [7, 11) is 0. The average molecular weight is 328 g/mol. The second-order valence-electron chi connectivity index (χ2n) is 8.82. The summed E-state index contributed by atoms with van der Waals surface area (Å²) < 4.78 is 0. The van der Waals surface area contributed by atoms with Gasteiger partial charge in [0.25, 0.3) is 0 Å². The first kappa shape index (κ1) is 17.6. The predicted molar refractivity (Wildman–Crippen MR) is 97.7 cm³/mol. The molecule has 1 saturated carbocycles. The van der Waals surface area contributed by atoms with Gasteiger partial charge >= 0.3 is 0 Å². The molecular formula is C22H32O2. The molecule has 0 aliphatic heterocycles. The van der Waals surface area contributed by atoms with Crippen molar-refractivity contribution in [3.63, 3.8) is 0 Å². The molecule has 0 aromatic carbocycles. The second-order valence-corrected chi connectivity index (χ2v) is 8.82. The summed E-state index contributed by atoms with van der Waals surface area (Å²) >= 11 is 0. The first-order valence-corrected chi connectivity index (χ1v) is 9.75. The second kappa shape index (κ2) is 5.97. The third kappa shape index (κ3) is 2.45. The van der Waals surface area contributed by atoms with Crippen LogP contribution in [0.4, 0.5) is 0 Å². The lowest BCUT2D eigenvalue weighted by Gasteiger charge is -2.51. The summed E-state index contributed by atoms with van der Waals surface area (Å²) in [5, 5.41) is 0. The lowest BCUT2D eigenvalue weighted by atomic mass is 9.52. The fourth-order valence-corrected chi connectivity index (χ4v) is 5.84. The molecule has 0 spiro atoms. The molecule has 0 unspecified atom stereocenters. The predicted octanol–water partition coefficient (Wildman–Crippen LogP) is 5.42. The zero-order valence-corrected chi connectivity index (χ0v) is 16.0. The van der Waals surface area contributed by atoms with Crippen LogP contribution in [0.2, 0.25) is 0 Å². The Kier molecular flexibility index (Phi) is 4.38. The zero-order chi connectivity index (χ0) is 17.7. The van der Waals surface area contributed by atoms with Gasteiger partial charge in [0.2, 0.25) is 0 Å². The Morgan fingerprint density at radius 1 is 1.25 bits per heavy atom. The quantitative estimate of drug-likeness (QED) is 0.693. The molecule has 24 heavy (non-hydrogen) atoms. The Hall–Kier alpha value is -1.18. The Bertz CT molecular complexity index is 634. The first-order chi connectivity index (χ1) is 11.3. The number of Topliss-reactive ketones (excluding diaryl/α,β-unsaturated/α-hetero) is 1. The van der Waals surface area contributed by atoms with Crippen molar-refractivity contribution in [3.05, 3.63) is 22.8 Å². The maximum atomic E-state index is 12.6.